The lowest BCUT2D eigenvalue weighted by atomic mass is 10.3. The van der Waals surface area contributed by atoms with Crippen LogP contribution >= 0.6 is 15.9 Å². The molecule has 0 unspecified atom stereocenters. The molecule has 4 nitrogen and oxygen atoms in total. The van der Waals surface area contributed by atoms with Gasteiger partial charge in [-0.2, -0.15) is 0 Å². The van der Waals surface area contributed by atoms with Crippen molar-refractivity contribution in [3.05, 3.63) is 16.0 Å². The fraction of sp³-hybridized carbons (Fsp3) is 0.727. The zero-order valence-electron chi connectivity index (χ0n) is 9.70. The Morgan fingerprint density at radius 3 is 2.50 bits per heavy atom. The fourth-order valence-electron chi connectivity index (χ4n) is 2.55. The van der Waals surface area contributed by atoms with E-state index >= 15 is 0 Å². The zero-order valence-corrected chi connectivity index (χ0v) is 11.3. The third-order valence-electron chi connectivity index (χ3n) is 3.38. The van der Waals surface area contributed by atoms with E-state index in [1.54, 1.807) is 7.11 Å². The molecule has 0 saturated heterocycles. The minimum atomic E-state index is 0.00588. The molecule has 0 radical (unpaired) electrons. The van der Waals surface area contributed by atoms with Crippen molar-refractivity contribution in [3.8, 4) is 5.75 Å². The molecule has 16 heavy (non-hydrogen) atoms. The van der Waals surface area contributed by atoms with Crippen molar-refractivity contribution in [2.75, 3.05) is 7.11 Å². The van der Waals surface area contributed by atoms with Gasteiger partial charge in [0.1, 0.15) is 0 Å². The lowest BCUT2D eigenvalue weighted by Gasteiger charge is -2.14. The molecule has 0 spiro atoms. The number of alkyl halides is 1. The molecular formula is C11H17BrN2O2. The highest BCUT2D eigenvalue weighted by atomic mass is 79.9. The molecule has 1 saturated carbocycles. The second kappa shape index (κ2) is 4.65. The van der Waals surface area contributed by atoms with Gasteiger partial charge in [0.25, 0.3) is 0 Å². The Balaban J connectivity index is 2.52. The van der Waals surface area contributed by atoms with E-state index in [-0.39, 0.29) is 5.56 Å². The van der Waals surface area contributed by atoms with Gasteiger partial charge in [0.15, 0.2) is 0 Å². The first-order valence-electron chi connectivity index (χ1n) is 5.61. The fourth-order valence-corrected chi connectivity index (χ4v) is 3.17. The van der Waals surface area contributed by atoms with Gasteiger partial charge in [0.05, 0.1) is 18.8 Å². The van der Waals surface area contributed by atoms with Crippen LogP contribution in [0.25, 0.3) is 0 Å². The van der Waals surface area contributed by atoms with Crippen LogP contribution in [0.3, 0.4) is 0 Å². The minimum absolute atomic E-state index is 0.00588. The maximum absolute atomic E-state index is 12.2. The summed E-state index contributed by atoms with van der Waals surface area (Å²) in [5.74, 6) is 0.478. The molecule has 1 aromatic rings. The topological polar surface area (TPSA) is 36.2 Å². The highest BCUT2D eigenvalue weighted by Crippen LogP contribution is 2.30. The van der Waals surface area contributed by atoms with Crippen molar-refractivity contribution in [1.29, 1.82) is 0 Å². The highest BCUT2D eigenvalue weighted by Gasteiger charge is 2.25. The molecule has 0 N–H and O–H groups in total. The predicted molar refractivity (Wildman–Crippen MR) is 66.4 cm³/mol. The standard InChI is InChI=1S/C11H17BrN2O2/c1-13-9(7-12)10(16-2)11(15)14(13)8-5-3-4-6-8/h8H,3-7H2,1-2H3. The van der Waals surface area contributed by atoms with Gasteiger partial charge in [-0.1, -0.05) is 28.8 Å². The Bertz CT molecular complexity index is 430. The van der Waals surface area contributed by atoms with E-state index in [1.165, 1.54) is 12.8 Å². The largest absolute Gasteiger partial charge is 0.490 e. The van der Waals surface area contributed by atoms with Crippen molar-refractivity contribution in [2.45, 2.75) is 37.1 Å². The number of ether oxygens (including phenoxy) is 1. The van der Waals surface area contributed by atoms with Crippen molar-refractivity contribution in [1.82, 2.24) is 9.36 Å². The number of nitrogens with zero attached hydrogens (tertiary/aromatic N) is 2. The number of hydrogen-bond donors (Lipinski definition) is 0. The van der Waals surface area contributed by atoms with Crippen LogP contribution in [-0.2, 0) is 12.4 Å². The summed E-state index contributed by atoms with van der Waals surface area (Å²) in [5, 5.41) is 0.641. The number of methoxy groups -OCH3 is 1. The maximum atomic E-state index is 12.2. The SMILES string of the molecule is COc1c(CBr)n(C)n(C2CCCC2)c1=O. The summed E-state index contributed by atoms with van der Waals surface area (Å²) in [6.07, 6.45) is 4.63. The molecule has 1 heterocycles. The molecule has 0 bridgehead atoms. The first-order valence-corrected chi connectivity index (χ1v) is 6.73. The molecule has 0 atom stereocenters. The molecule has 0 aromatic carbocycles. The van der Waals surface area contributed by atoms with E-state index in [1.807, 2.05) is 16.4 Å². The van der Waals surface area contributed by atoms with E-state index in [2.05, 4.69) is 15.9 Å². The van der Waals surface area contributed by atoms with Gasteiger partial charge in [-0.25, -0.2) is 4.68 Å². The molecule has 0 aliphatic heterocycles. The van der Waals surface area contributed by atoms with Crippen LogP contribution < -0.4 is 10.3 Å². The van der Waals surface area contributed by atoms with E-state index in [0.29, 0.717) is 17.1 Å². The Labute approximate surface area is 103 Å². The minimum Gasteiger partial charge on any atom is -0.490 e. The van der Waals surface area contributed by atoms with Crippen molar-refractivity contribution in [2.24, 2.45) is 7.05 Å². The Kier molecular flexibility index (Phi) is 3.42. The van der Waals surface area contributed by atoms with Crippen LogP contribution in [0.15, 0.2) is 4.79 Å². The summed E-state index contributed by atoms with van der Waals surface area (Å²) in [4.78, 5) is 12.2. The average Bonchev–Trinajstić information content (AvgIpc) is 2.85. The molecule has 1 aliphatic rings. The highest BCUT2D eigenvalue weighted by molar-refractivity contribution is 9.08. The van der Waals surface area contributed by atoms with Gasteiger partial charge in [-0.15, -0.1) is 0 Å². The van der Waals surface area contributed by atoms with Crippen molar-refractivity contribution < 1.29 is 4.74 Å². The van der Waals surface area contributed by atoms with E-state index in [4.69, 9.17) is 4.74 Å². The number of aromatic nitrogens is 2. The average molecular weight is 289 g/mol. The second-order valence-electron chi connectivity index (χ2n) is 4.23. The molecule has 1 fully saturated rings. The van der Waals surface area contributed by atoms with Crippen molar-refractivity contribution in [3.63, 3.8) is 0 Å². The first-order chi connectivity index (χ1) is 7.70. The Morgan fingerprint density at radius 1 is 1.44 bits per heavy atom. The monoisotopic (exact) mass is 288 g/mol. The molecular weight excluding hydrogens is 272 g/mol. The van der Waals surface area contributed by atoms with Crippen LogP contribution in [0.4, 0.5) is 0 Å². The molecule has 1 aromatic heterocycles. The number of rotatable bonds is 3. The van der Waals surface area contributed by atoms with E-state index < -0.39 is 0 Å². The Hall–Kier alpha value is -0.710. The molecule has 0 amide bonds. The third kappa shape index (κ3) is 1.71. The first kappa shape index (κ1) is 11.8. The second-order valence-corrected chi connectivity index (χ2v) is 4.79. The van der Waals surface area contributed by atoms with E-state index in [9.17, 15) is 4.79 Å². The molecule has 90 valence electrons. The smallest absolute Gasteiger partial charge is 0.309 e. The van der Waals surface area contributed by atoms with Gasteiger partial charge >= 0.3 is 5.56 Å². The molecule has 5 heteroatoms. The molecule has 1 aliphatic carbocycles. The predicted octanol–water partition coefficient (Wildman–Crippen LogP) is 2.21. The number of halogens is 1. The normalized spacial score (nSPS) is 16.9. The molecule has 2 rings (SSSR count). The number of hydrogen-bond acceptors (Lipinski definition) is 2. The summed E-state index contributed by atoms with van der Waals surface area (Å²) in [6, 6.07) is 0.346. The summed E-state index contributed by atoms with van der Waals surface area (Å²) in [6.45, 7) is 0. The van der Waals surface area contributed by atoms with Gasteiger partial charge in [0.2, 0.25) is 5.75 Å². The lowest BCUT2D eigenvalue weighted by molar-refractivity contribution is 0.384. The van der Waals surface area contributed by atoms with Crippen LogP contribution in [0.2, 0.25) is 0 Å². The summed E-state index contributed by atoms with van der Waals surface area (Å²) < 4.78 is 8.99. The van der Waals surface area contributed by atoms with Crippen molar-refractivity contribution >= 4 is 15.9 Å². The van der Waals surface area contributed by atoms with Crippen LogP contribution in [0.1, 0.15) is 37.4 Å². The summed E-state index contributed by atoms with van der Waals surface area (Å²) in [7, 11) is 3.49. The van der Waals surface area contributed by atoms with Gasteiger partial charge in [-0.3, -0.25) is 9.48 Å². The maximum Gasteiger partial charge on any atom is 0.309 e. The van der Waals surface area contributed by atoms with Crippen LogP contribution in [0, 0.1) is 0 Å². The quantitative estimate of drug-likeness (QED) is 0.800. The van der Waals surface area contributed by atoms with Gasteiger partial charge in [0, 0.05) is 12.4 Å². The van der Waals surface area contributed by atoms with Gasteiger partial charge in [-0.05, 0) is 12.8 Å². The van der Waals surface area contributed by atoms with E-state index in [0.717, 1.165) is 18.5 Å². The third-order valence-corrected chi connectivity index (χ3v) is 3.91. The zero-order chi connectivity index (χ0) is 11.7. The summed E-state index contributed by atoms with van der Waals surface area (Å²) in [5.41, 5.74) is 0.922. The van der Waals surface area contributed by atoms with Gasteiger partial charge < -0.3 is 4.74 Å². The Morgan fingerprint density at radius 2 is 2.06 bits per heavy atom. The summed E-state index contributed by atoms with van der Waals surface area (Å²) >= 11 is 3.40. The lowest BCUT2D eigenvalue weighted by Crippen LogP contribution is -2.25. The van der Waals surface area contributed by atoms with Crippen LogP contribution in [0.5, 0.6) is 5.75 Å². The van der Waals surface area contributed by atoms with Crippen LogP contribution in [-0.4, -0.2) is 16.5 Å².